The molecule has 2 nitrogen and oxygen atoms in total. The molecule has 1 rings (SSSR count). The second-order valence-corrected chi connectivity index (χ2v) is 4.10. The van der Waals surface area contributed by atoms with Gasteiger partial charge in [0, 0.05) is 12.6 Å². The predicted molar refractivity (Wildman–Crippen MR) is 54.5 cm³/mol. The number of rotatable bonds is 2. The van der Waals surface area contributed by atoms with Gasteiger partial charge in [0.05, 0.1) is 0 Å². The van der Waals surface area contributed by atoms with Gasteiger partial charge in [0.1, 0.15) is 0 Å². The van der Waals surface area contributed by atoms with Gasteiger partial charge in [0.25, 0.3) is 0 Å². The number of hydrogen-bond acceptors (Lipinski definition) is 1. The predicted octanol–water partition coefficient (Wildman–Crippen LogP) is 2.35. The lowest BCUT2D eigenvalue weighted by molar-refractivity contribution is -0.129. The van der Waals surface area contributed by atoms with Gasteiger partial charge in [0.15, 0.2) is 0 Å². The van der Waals surface area contributed by atoms with Crippen LogP contribution in [0.15, 0.2) is 12.2 Å². The minimum absolute atomic E-state index is 0.108. The van der Waals surface area contributed by atoms with Gasteiger partial charge < -0.3 is 4.90 Å². The summed E-state index contributed by atoms with van der Waals surface area (Å²) in [5, 5.41) is 0. The molecule has 0 saturated heterocycles. The first-order valence-corrected chi connectivity index (χ1v) is 5.01. The SMILES string of the molecule is C/C=C/C(=O)N(C)C1(C)CCCC1. The first-order chi connectivity index (χ1) is 6.10. The molecule has 0 aromatic carbocycles. The summed E-state index contributed by atoms with van der Waals surface area (Å²) in [4.78, 5) is 13.5. The largest absolute Gasteiger partial charge is 0.337 e. The van der Waals surface area contributed by atoms with E-state index >= 15 is 0 Å². The summed E-state index contributed by atoms with van der Waals surface area (Å²) >= 11 is 0. The number of allylic oxidation sites excluding steroid dienone is 1. The molecular formula is C11H19NO. The highest BCUT2D eigenvalue weighted by Gasteiger charge is 2.34. The van der Waals surface area contributed by atoms with E-state index in [0.717, 1.165) is 12.8 Å². The summed E-state index contributed by atoms with van der Waals surface area (Å²) in [5.41, 5.74) is 0.108. The Hall–Kier alpha value is -0.790. The average molecular weight is 181 g/mol. The summed E-state index contributed by atoms with van der Waals surface area (Å²) in [6, 6.07) is 0. The van der Waals surface area contributed by atoms with Crippen LogP contribution in [0.2, 0.25) is 0 Å². The van der Waals surface area contributed by atoms with Gasteiger partial charge >= 0.3 is 0 Å². The highest BCUT2D eigenvalue weighted by Crippen LogP contribution is 2.33. The number of carbonyl (C=O) groups is 1. The van der Waals surface area contributed by atoms with Crippen molar-refractivity contribution in [1.29, 1.82) is 0 Å². The van der Waals surface area contributed by atoms with E-state index < -0.39 is 0 Å². The molecule has 1 aliphatic rings. The molecule has 0 aromatic rings. The summed E-state index contributed by atoms with van der Waals surface area (Å²) < 4.78 is 0. The van der Waals surface area contributed by atoms with Gasteiger partial charge in [-0.15, -0.1) is 0 Å². The van der Waals surface area contributed by atoms with Gasteiger partial charge in [-0.2, -0.15) is 0 Å². The fourth-order valence-electron chi connectivity index (χ4n) is 1.99. The second kappa shape index (κ2) is 3.95. The summed E-state index contributed by atoms with van der Waals surface area (Å²) in [7, 11) is 1.91. The van der Waals surface area contributed by atoms with Crippen LogP contribution in [0.4, 0.5) is 0 Å². The van der Waals surface area contributed by atoms with Gasteiger partial charge in [-0.1, -0.05) is 18.9 Å². The molecule has 13 heavy (non-hydrogen) atoms. The van der Waals surface area contributed by atoms with Crippen LogP contribution in [-0.2, 0) is 4.79 Å². The molecule has 0 radical (unpaired) electrons. The van der Waals surface area contributed by atoms with E-state index in [1.165, 1.54) is 12.8 Å². The third-order valence-electron chi connectivity index (χ3n) is 3.13. The summed E-state index contributed by atoms with van der Waals surface area (Å²) in [6.07, 6.45) is 8.24. The number of hydrogen-bond donors (Lipinski definition) is 0. The molecule has 0 aromatic heterocycles. The standard InChI is InChI=1S/C11H19NO/c1-4-7-10(13)12(3)11(2)8-5-6-9-11/h4,7H,5-6,8-9H2,1-3H3/b7-4+. The zero-order valence-electron chi connectivity index (χ0n) is 8.84. The topological polar surface area (TPSA) is 20.3 Å². The molecule has 2 heteroatoms. The Morgan fingerprint density at radius 3 is 2.38 bits per heavy atom. The maximum Gasteiger partial charge on any atom is 0.246 e. The molecule has 74 valence electrons. The second-order valence-electron chi connectivity index (χ2n) is 4.10. The van der Waals surface area contributed by atoms with Crippen molar-refractivity contribution in [3.8, 4) is 0 Å². The average Bonchev–Trinajstić information content (AvgIpc) is 2.52. The molecule has 0 aliphatic heterocycles. The van der Waals surface area contributed by atoms with Crippen LogP contribution in [0.25, 0.3) is 0 Å². The van der Waals surface area contributed by atoms with Gasteiger partial charge in [-0.05, 0) is 32.8 Å². The van der Waals surface area contributed by atoms with Crippen LogP contribution in [0.3, 0.4) is 0 Å². The van der Waals surface area contributed by atoms with E-state index in [1.54, 1.807) is 12.2 Å². The fourth-order valence-corrected chi connectivity index (χ4v) is 1.99. The summed E-state index contributed by atoms with van der Waals surface area (Å²) in [6.45, 7) is 4.06. The van der Waals surface area contributed by atoms with E-state index in [4.69, 9.17) is 0 Å². The van der Waals surface area contributed by atoms with Gasteiger partial charge in [-0.25, -0.2) is 0 Å². The molecule has 1 saturated carbocycles. The van der Waals surface area contributed by atoms with Crippen molar-refractivity contribution < 1.29 is 4.79 Å². The molecule has 0 bridgehead atoms. The quantitative estimate of drug-likeness (QED) is 0.599. The van der Waals surface area contributed by atoms with Crippen LogP contribution in [0.1, 0.15) is 39.5 Å². The minimum atomic E-state index is 0.108. The molecular weight excluding hydrogens is 162 g/mol. The fraction of sp³-hybridized carbons (Fsp3) is 0.727. The molecule has 0 heterocycles. The van der Waals surface area contributed by atoms with Crippen molar-refractivity contribution in [1.82, 2.24) is 4.90 Å². The molecule has 0 spiro atoms. The Morgan fingerprint density at radius 1 is 1.38 bits per heavy atom. The van der Waals surface area contributed by atoms with Crippen LogP contribution in [0, 0.1) is 0 Å². The van der Waals surface area contributed by atoms with Crippen molar-refractivity contribution in [2.75, 3.05) is 7.05 Å². The normalized spacial score (nSPS) is 20.8. The lowest BCUT2D eigenvalue weighted by Gasteiger charge is -2.34. The number of nitrogens with zero attached hydrogens (tertiary/aromatic N) is 1. The molecule has 1 aliphatic carbocycles. The van der Waals surface area contributed by atoms with E-state index in [1.807, 2.05) is 18.9 Å². The lowest BCUT2D eigenvalue weighted by atomic mass is 9.98. The lowest BCUT2D eigenvalue weighted by Crippen LogP contribution is -2.44. The molecule has 1 amide bonds. The van der Waals surface area contributed by atoms with Crippen LogP contribution >= 0.6 is 0 Å². The maximum atomic E-state index is 11.6. The van der Waals surface area contributed by atoms with E-state index in [0.29, 0.717) is 0 Å². The van der Waals surface area contributed by atoms with Crippen LogP contribution in [-0.4, -0.2) is 23.4 Å². The summed E-state index contributed by atoms with van der Waals surface area (Å²) in [5.74, 6) is 0.131. The number of amides is 1. The van der Waals surface area contributed by atoms with Crippen LogP contribution < -0.4 is 0 Å². The van der Waals surface area contributed by atoms with E-state index in [2.05, 4.69) is 6.92 Å². The van der Waals surface area contributed by atoms with E-state index in [9.17, 15) is 4.79 Å². The molecule has 1 fully saturated rings. The zero-order valence-corrected chi connectivity index (χ0v) is 8.84. The van der Waals surface area contributed by atoms with Gasteiger partial charge in [0.2, 0.25) is 5.91 Å². The Bertz CT molecular complexity index is 214. The monoisotopic (exact) mass is 181 g/mol. The van der Waals surface area contributed by atoms with Gasteiger partial charge in [-0.3, -0.25) is 4.79 Å². The Balaban J connectivity index is 2.65. The number of likely N-dealkylation sites (N-methyl/N-ethyl adjacent to an activating group) is 1. The van der Waals surface area contributed by atoms with Crippen LogP contribution in [0.5, 0.6) is 0 Å². The molecule has 0 N–H and O–H groups in total. The smallest absolute Gasteiger partial charge is 0.246 e. The maximum absolute atomic E-state index is 11.6. The Labute approximate surface area is 80.6 Å². The van der Waals surface area contributed by atoms with Crippen molar-refractivity contribution >= 4 is 5.91 Å². The molecule has 0 unspecified atom stereocenters. The van der Waals surface area contributed by atoms with Crippen molar-refractivity contribution in [2.24, 2.45) is 0 Å². The zero-order chi connectivity index (χ0) is 9.90. The highest BCUT2D eigenvalue weighted by atomic mass is 16.2. The Kier molecular flexibility index (Phi) is 3.12. The Morgan fingerprint density at radius 2 is 1.92 bits per heavy atom. The first-order valence-electron chi connectivity index (χ1n) is 5.01. The third kappa shape index (κ3) is 2.11. The van der Waals surface area contributed by atoms with Crippen molar-refractivity contribution in [3.05, 3.63) is 12.2 Å². The van der Waals surface area contributed by atoms with Crippen molar-refractivity contribution in [3.63, 3.8) is 0 Å². The number of carbonyl (C=O) groups excluding carboxylic acids is 1. The molecule has 0 atom stereocenters. The van der Waals surface area contributed by atoms with E-state index in [-0.39, 0.29) is 11.4 Å². The first kappa shape index (κ1) is 10.3. The highest BCUT2D eigenvalue weighted by molar-refractivity contribution is 5.87. The van der Waals surface area contributed by atoms with Crippen molar-refractivity contribution in [2.45, 2.75) is 45.1 Å². The minimum Gasteiger partial charge on any atom is -0.337 e. The third-order valence-corrected chi connectivity index (χ3v) is 3.13.